The molecule has 1 aliphatic heterocycles. The highest BCUT2D eigenvalue weighted by atomic mass is 16.4. The van der Waals surface area contributed by atoms with Crippen LogP contribution in [-0.2, 0) is 67.2 Å². The van der Waals surface area contributed by atoms with E-state index in [-0.39, 0.29) is 38.0 Å². The van der Waals surface area contributed by atoms with Crippen molar-refractivity contribution in [3.63, 3.8) is 0 Å². The van der Waals surface area contributed by atoms with Crippen LogP contribution in [0.4, 0.5) is 0 Å². The van der Waals surface area contributed by atoms with E-state index in [1.54, 1.807) is 60.7 Å². The van der Waals surface area contributed by atoms with Crippen LogP contribution in [0.2, 0.25) is 0 Å². The van der Waals surface area contributed by atoms with Crippen LogP contribution in [0, 0.1) is 0 Å². The Morgan fingerprint density at radius 2 is 1.01 bits per heavy atom. The number of phenols is 1. The van der Waals surface area contributed by atoms with E-state index in [0.29, 0.717) is 17.5 Å². The van der Waals surface area contributed by atoms with Crippen LogP contribution < -0.4 is 43.4 Å². The van der Waals surface area contributed by atoms with Crippen molar-refractivity contribution >= 4 is 59.2 Å². The second kappa shape index (κ2) is 25.1. The largest absolute Gasteiger partial charge is 0.508 e. The summed E-state index contributed by atoms with van der Waals surface area (Å²) < 4.78 is 0. The van der Waals surface area contributed by atoms with Crippen LogP contribution >= 0.6 is 0 Å². The second-order valence-electron chi connectivity index (χ2n) is 16.4. The number of hydrogen-bond acceptors (Lipinski definition) is 12. The van der Waals surface area contributed by atoms with Gasteiger partial charge in [0.15, 0.2) is 0 Å². The van der Waals surface area contributed by atoms with E-state index in [4.69, 9.17) is 11.5 Å². The average Bonchev–Trinajstić information content (AvgIpc) is 3.79. The Balaban J connectivity index is 1.42. The molecule has 1 aliphatic rings. The molecular formula is C46H57N9O13. The molecule has 0 saturated carbocycles. The highest BCUT2D eigenvalue weighted by Crippen LogP contribution is 2.20. The van der Waals surface area contributed by atoms with Gasteiger partial charge in [0.05, 0.1) is 18.9 Å². The number of amides is 8. The van der Waals surface area contributed by atoms with Gasteiger partial charge < -0.3 is 63.6 Å². The number of nitrogens with one attached hydrogen (secondary N) is 6. The third kappa shape index (κ3) is 16.2. The van der Waals surface area contributed by atoms with E-state index >= 15 is 0 Å². The quantitative estimate of drug-likeness (QED) is 0.0469. The van der Waals surface area contributed by atoms with E-state index in [0.717, 1.165) is 17.4 Å². The normalized spacial score (nSPS) is 16.2. The van der Waals surface area contributed by atoms with Crippen molar-refractivity contribution in [1.82, 2.24) is 36.8 Å². The van der Waals surface area contributed by atoms with E-state index < -0.39 is 120 Å². The van der Waals surface area contributed by atoms with Crippen LogP contribution in [0.25, 0.3) is 0 Å². The van der Waals surface area contributed by atoms with Gasteiger partial charge >= 0.3 is 11.9 Å². The minimum Gasteiger partial charge on any atom is -0.508 e. The summed E-state index contributed by atoms with van der Waals surface area (Å²) in [5.41, 5.74) is 13.4. The molecule has 0 aromatic heterocycles. The SMILES string of the molecule is C[C@H](NC(=O)[C@H](CC(N)=O)NC(=O)[C@H](C)NC(=O)[C@H](CC(=O)O)NC(=O)[C@H](Cc1ccccc1)NC(=O)[C@@H](N)Cc1ccccc1)C(=O)N[C@@H](Cc1ccc(O)cc1)C(=O)N1CCC[C@H]1C(=O)O. The zero-order valence-electron chi connectivity index (χ0n) is 37.4. The van der Waals surface area contributed by atoms with Crippen LogP contribution in [-0.4, -0.2) is 134 Å². The molecule has 1 heterocycles. The lowest BCUT2D eigenvalue weighted by Crippen LogP contribution is -2.60. The minimum absolute atomic E-state index is 0.0593. The number of benzene rings is 3. The van der Waals surface area contributed by atoms with Gasteiger partial charge in [-0.15, -0.1) is 0 Å². The number of carbonyl (C=O) groups excluding carboxylic acids is 8. The number of aliphatic carboxylic acids is 2. The number of carboxylic acid groups (broad SMARTS) is 2. The smallest absolute Gasteiger partial charge is 0.326 e. The van der Waals surface area contributed by atoms with Gasteiger partial charge in [-0.25, -0.2) is 4.79 Å². The number of phenolic OH excluding ortho intramolecular Hbond substituents is 1. The fraction of sp³-hybridized carbons (Fsp3) is 0.391. The average molecular weight is 944 g/mol. The first-order valence-corrected chi connectivity index (χ1v) is 21.7. The van der Waals surface area contributed by atoms with Gasteiger partial charge in [-0.3, -0.25) is 43.2 Å². The number of likely N-dealkylation sites (tertiary alicyclic amines) is 1. The number of carboxylic acids is 2. The summed E-state index contributed by atoms with van der Waals surface area (Å²) in [6.45, 7) is 2.52. The number of rotatable bonds is 24. The number of aromatic hydroxyl groups is 1. The number of primary amides is 1. The van der Waals surface area contributed by atoms with Gasteiger partial charge in [0.2, 0.25) is 47.3 Å². The van der Waals surface area contributed by atoms with Gasteiger partial charge in [-0.1, -0.05) is 72.8 Å². The summed E-state index contributed by atoms with van der Waals surface area (Å²) in [6, 6.07) is 11.8. The van der Waals surface area contributed by atoms with Gasteiger partial charge in [0.1, 0.15) is 48.0 Å². The third-order valence-corrected chi connectivity index (χ3v) is 10.9. The fourth-order valence-corrected chi connectivity index (χ4v) is 7.27. The first-order chi connectivity index (χ1) is 32.2. The van der Waals surface area contributed by atoms with Crippen molar-refractivity contribution in [2.24, 2.45) is 11.5 Å². The lowest BCUT2D eigenvalue weighted by Gasteiger charge is -2.28. The summed E-state index contributed by atoms with van der Waals surface area (Å²) >= 11 is 0. The molecule has 8 amide bonds. The van der Waals surface area contributed by atoms with Gasteiger partial charge in [-0.2, -0.15) is 0 Å². The number of carbonyl (C=O) groups is 10. The van der Waals surface area contributed by atoms with Crippen molar-refractivity contribution in [2.75, 3.05) is 6.54 Å². The number of hydrogen-bond donors (Lipinski definition) is 11. The zero-order valence-corrected chi connectivity index (χ0v) is 37.4. The summed E-state index contributed by atoms with van der Waals surface area (Å²) in [4.78, 5) is 131. The molecule has 3 aromatic carbocycles. The Bertz CT molecular complexity index is 2300. The van der Waals surface area contributed by atoms with Crippen LogP contribution in [0.15, 0.2) is 84.9 Å². The molecule has 364 valence electrons. The first kappa shape index (κ1) is 52.7. The second-order valence-corrected chi connectivity index (χ2v) is 16.4. The van der Waals surface area contributed by atoms with Crippen LogP contribution in [0.5, 0.6) is 5.75 Å². The van der Waals surface area contributed by atoms with Crippen molar-refractivity contribution in [2.45, 2.75) is 107 Å². The Kier molecular flexibility index (Phi) is 19.5. The number of nitrogens with zero attached hydrogens (tertiary/aromatic N) is 1. The van der Waals surface area contributed by atoms with Crippen LogP contribution in [0.1, 0.15) is 56.2 Å². The van der Waals surface area contributed by atoms with Crippen molar-refractivity contribution in [3.05, 3.63) is 102 Å². The highest BCUT2D eigenvalue weighted by Gasteiger charge is 2.39. The molecular weight excluding hydrogens is 887 g/mol. The topological polar surface area (TPSA) is 359 Å². The Morgan fingerprint density at radius 1 is 0.574 bits per heavy atom. The molecule has 22 heteroatoms. The predicted octanol–water partition coefficient (Wildman–Crippen LogP) is -1.88. The minimum atomic E-state index is -1.79. The number of nitrogens with two attached hydrogens (primary N) is 2. The zero-order chi connectivity index (χ0) is 50.1. The summed E-state index contributed by atoms with van der Waals surface area (Å²) in [5, 5.41) is 43.4. The summed E-state index contributed by atoms with van der Waals surface area (Å²) in [6.07, 6.45) is -1.21. The Hall–Kier alpha value is -7.88. The third-order valence-electron chi connectivity index (χ3n) is 10.9. The predicted molar refractivity (Wildman–Crippen MR) is 241 cm³/mol. The van der Waals surface area contributed by atoms with Gasteiger partial charge in [0, 0.05) is 19.4 Å². The standard InChI is InChI=1S/C46H57N9O13/c1-25(50-43(64)34(24-38(58)59)53-44(65)32(21-28-12-7-4-8-13-28)52-41(62)31(47)20-27-10-5-3-6-11-27)39(60)51-33(23-37(48)57)42(63)49-26(2)40(61)54-35(22-29-15-17-30(56)18-16-29)45(66)55-19-9-14-36(55)46(67)68/h3-8,10-13,15-18,25-26,31-36,56H,9,14,19-24,47H2,1-2H3,(H2,48,57)(H,49,63)(H,50,64)(H,51,60)(H,52,62)(H,53,65)(H,54,61)(H,58,59)(H,67,68)/t25-,26-,31-,32-,33-,34-,35-,36-/m0/s1. The van der Waals surface area contributed by atoms with E-state index in [1.807, 2.05) is 0 Å². The summed E-state index contributed by atoms with van der Waals surface area (Å²) in [5.74, 6) is -10.4. The van der Waals surface area contributed by atoms with Gasteiger partial charge in [0.25, 0.3) is 0 Å². The molecule has 1 saturated heterocycles. The molecule has 68 heavy (non-hydrogen) atoms. The first-order valence-electron chi connectivity index (χ1n) is 21.7. The van der Waals surface area contributed by atoms with Crippen LogP contribution in [0.3, 0.4) is 0 Å². The molecule has 0 aliphatic carbocycles. The maximum absolute atomic E-state index is 13.7. The molecule has 3 aromatic rings. The highest BCUT2D eigenvalue weighted by molar-refractivity contribution is 5.99. The summed E-state index contributed by atoms with van der Waals surface area (Å²) in [7, 11) is 0. The molecule has 22 nitrogen and oxygen atoms in total. The molecule has 0 bridgehead atoms. The van der Waals surface area contributed by atoms with E-state index in [9.17, 15) is 63.3 Å². The van der Waals surface area contributed by atoms with Crippen molar-refractivity contribution in [1.29, 1.82) is 0 Å². The maximum atomic E-state index is 13.7. The maximum Gasteiger partial charge on any atom is 0.326 e. The molecule has 1 fully saturated rings. The monoisotopic (exact) mass is 943 g/mol. The Morgan fingerprint density at radius 3 is 1.53 bits per heavy atom. The lowest BCUT2D eigenvalue weighted by molar-refractivity contribution is -0.149. The molecule has 0 unspecified atom stereocenters. The van der Waals surface area contributed by atoms with Crippen molar-refractivity contribution in [3.8, 4) is 5.75 Å². The molecule has 4 rings (SSSR count). The fourth-order valence-electron chi connectivity index (χ4n) is 7.27. The molecule has 8 atom stereocenters. The molecule has 0 radical (unpaired) electrons. The Labute approximate surface area is 390 Å². The van der Waals surface area contributed by atoms with E-state index in [1.165, 1.54) is 31.2 Å². The van der Waals surface area contributed by atoms with Gasteiger partial charge in [-0.05, 0) is 61.9 Å². The van der Waals surface area contributed by atoms with E-state index in [2.05, 4.69) is 31.9 Å². The van der Waals surface area contributed by atoms with Crippen molar-refractivity contribution < 1.29 is 63.3 Å². The lowest BCUT2D eigenvalue weighted by atomic mass is 10.0. The molecule has 0 spiro atoms. The molecule has 13 N–H and O–H groups in total.